The van der Waals surface area contributed by atoms with Crippen molar-refractivity contribution in [3.8, 4) is 5.75 Å². The molecule has 3 N–H and O–H groups in total. The number of nitrogens with zero attached hydrogens (tertiary/aromatic N) is 1. The Kier molecular flexibility index (Phi) is 9.35. The molecule has 4 aliphatic rings. The summed E-state index contributed by atoms with van der Waals surface area (Å²) in [6.45, 7) is 0.360. The van der Waals surface area contributed by atoms with E-state index in [1.807, 2.05) is 48.6 Å². The number of fused-ring (bicyclic) bond motifs is 2. The van der Waals surface area contributed by atoms with Crippen LogP contribution in [0, 0.1) is 0 Å². The Hall–Kier alpha value is -4.77. The number of esters is 1. The van der Waals surface area contributed by atoms with Crippen molar-refractivity contribution in [3.63, 3.8) is 0 Å². The van der Waals surface area contributed by atoms with Crippen LogP contribution in [0.3, 0.4) is 0 Å². The standard InChI is InChI=1S/C39H40N2O8/c42-20-18-40-36(44)31-12-6-19-41(31)37(45)30-21-33(35-34(22-30)48-39(49-35)23-28-9-1-2-10-29(28)24-39)47-38(46)27-16-14-25(15-17-27)7-5-11-26-8-3-4-13-32(26)43/h1-5,7-10,13-17,22,31,33-35,42-43H,6,11-12,18-21,23-24H2,(H,40,44). The fourth-order valence-electron chi connectivity index (χ4n) is 7.36. The molecule has 0 radical (unpaired) electrons. The second-order valence-corrected chi connectivity index (χ2v) is 13.1. The summed E-state index contributed by atoms with van der Waals surface area (Å²) in [6, 6.07) is 21.7. The highest BCUT2D eigenvalue weighted by atomic mass is 16.8. The highest BCUT2D eigenvalue weighted by Crippen LogP contribution is 2.45. The molecule has 2 fully saturated rings. The monoisotopic (exact) mass is 664 g/mol. The summed E-state index contributed by atoms with van der Waals surface area (Å²) in [5, 5.41) is 21.9. The number of ether oxygens (including phenoxy) is 3. The average Bonchev–Trinajstić information content (AvgIpc) is 3.84. The number of para-hydroxylation sites is 1. The van der Waals surface area contributed by atoms with E-state index in [2.05, 4.69) is 17.4 Å². The van der Waals surface area contributed by atoms with E-state index in [4.69, 9.17) is 19.3 Å². The molecule has 3 aromatic carbocycles. The number of allylic oxidation sites excluding steroid dienone is 1. The van der Waals surface area contributed by atoms with Crippen LogP contribution in [0.15, 0.2) is 90.5 Å². The van der Waals surface area contributed by atoms with E-state index in [0.29, 0.717) is 49.8 Å². The van der Waals surface area contributed by atoms with E-state index < -0.39 is 36.1 Å². The van der Waals surface area contributed by atoms with Gasteiger partial charge in [0.15, 0.2) is 5.79 Å². The number of aliphatic hydroxyl groups excluding tert-OH is 1. The van der Waals surface area contributed by atoms with Crippen LogP contribution in [0.1, 0.15) is 51.9 Å². The molecule has 2 saturated heterocycles. The van der Waals surface area contributed by atoms with Crippen LogP contribution in [-0.4, -0.2) is 82.7 Å². The molecule has 254 valence electrons. The summed E-state index contributed by atoms with van der Waals surface area (Å²) in [5.41, 5.74) is 4.76. The molecule has 2 aliphatic carbocycles. The number of amides is 2. The number of aliphatic hydroxyl groups is 1. The molecule has 3 aromatic rings. The third-order valence-corrected chi connectivity index (χ3v) is 9.76. The molecule has 1 spiro atoms. The second-order valence-electron chi connectivity index (χ2n) is 13.1. The van der Waals surface area contributed by atoms with Crippen molar-refractivity contribution in [2.24, 2.45) is 0 Å². The molecular formula is C39H40N2O8. The van der Waals surface area contributed by atoms with Crippen molar-refractivity contribution in [2.45, 2.75) is 68.7 Å². The van der Waals surface area contributed by atoms with Crippen LogP contribution >= 0.6 is 0 Å². The molecule has 10 heteroatoms. The minimum absolute atomic E-state index is 0.118. The molecule has 2 aliphatic heterocycles. The fraction of sp³-hybridized carbons (Fsp3) is 0.359. The van der Waals surface area contributed by atoms with Gasteiger partial charge < -0.3 is 34.6 Å². The van der Waals surface area contributed by atoms with Gasteiger partial charge in [-0.3, -0.25) is 9.59 Å². The summed E-state index contributed by atoms with van der Waals surface area (Å²) >= 11 is 0. The SMILES string of the molecule is O=C(OC1CC(C(=O)N2CCCC2C(=O)NCCO)=CC2OC3(Cc4ccccc4C3)OC21)c1ccc(C=CCc2ccccc2O)cc1. The van der Waals surface area contributed by atoms with Crippen LogP contribution in [0.2, 0.25) is 0 Å². The van der Waals surface area contributed by atoms with E-state index in [9.17, 15) is 19.5 Å². The van der Waals surface area contributed by atoms with Gasteiger partial charge in [0.1, 0.15) is 30.1 Å². The van der Waals surface area contributed by atoms with E-state index in [1.54, 1.807) is 35.2 Å². The number of likely N-dealkylation sites (tertiary alicyclic amines) is 1. The Balaban J connectivity index is 1.08. The fourth-order valence-corrected chi connectivity index (χ4v) is 7.36. The van der Waals surface area contributed by atoms with Crippen molar-refractivity contribution in [2.75, 3.05) is 19.7 Å². The first-order chi connectivity index (χ1) is 23.8. The zero-order valence-corrected chi connectivity index (χ0v) is 27.1. The molecule has 10 nitrogen and oxygen atoms in total. The maximum absolute atomic E-state index is 14.0. The lowest BCUT2D eigenvalue weighted by Crippen LogP contribution is -2.49. The van der Waals surface area contributed by atoms with Crippen molar-refractivity contribution in [3.05, 3.63) is 118 Å². The normalized spacial score (nSPS) is 23.7. The first-order valence-electron chi connectivity index (χ1n) is 16.9. The number of carbonyl (C=O) groups excluding carboxylic acids is 3. The Morgan fingerprint density at radius 3 is 2.45 bits per heavy atom. The number of rotatable bonds is 9. The van der Waals surface area contributed by atoms with Gasteiger partial charge in [0.2, 0.25) is 11.8 Å². The lowest BCUT2D eigenvalue weighted by molar-refractivity contribution is -0.172. The van der Waals surface area contributed by atoms with Crippen LogP contribution in [0.25, 0.3) is 6.08 Å². The van der Waals surface area contributed by atoms with Crippen molar-refractivity contribution < 1.29 is 38.8 Å². The van der Waals surface area contributed by atoms with E-state index in [-0.39, 0.29) is 37.1 Å². The number of phenols is 1. The Morgan fingerprint density at radius 2 is 1.71 bits per heavy atom. The van der Waals surface area contributed by atoms with Crippen LogP contribution in [-0.2, 0) is 43.1 Å². The Bertz CT molecular complexity index is 1760. The molecular weight excluding hydrogens is 624 g/mol. The number of aromatic hydroxyl groups is 1. The van der Waals surface area contributed by atoms with Gasteiger partial charge in [-0.05, 0) is 65.8 Å². The predicted molar refractivity (Wildman–Crippen MR) is 180 cm³/mol. The highest BCUT2D eigenvalue weighted by Gasteiger charge is 2.55. The number of carbonyl (C=O) groups is 3. The number of nitrogens with one attached hydrogen (secondary N) is 1. The summed E-state index contributed by atoms with van der Waals surface area (Å²) < 4.78 is 19.3. The summed E-state index contributed by atoms with van der Waals surface area (Å²) in [5.74, 6) is -1.80. The molecule has 49 heavy (non-hydrogen) atoms. The Labute approximate surface area is 285 Å². The number of benzene rings is 3. The summed E-state index contributed by atoms with van der Waals surface area (Å²) in [7, 11) is 0. The van der Waals surface area contributed by atoms with Gasteiger partial charge in [0, 0.05) is 37.9 Å². The third kappa shape index (κ3) is 6.90. The maximum Gasteiger partial charge on any atom is 0.338 e. The quantitative estimate of drug-likeness (QED) is 0.294. The summed E-state index contributed by atoms with van der Waals surface area (Å²) in [4.78, 5) is 41.9. The van der Waals surface area contributed by atoms with Gasteiger partial charge in [-0.25, -0.2) is 4.79 Å². The van der Waals surface area contributed by atoms with E-state index >= 15 is 0 Å². The molecule has 7 rings (SSSR count). The minimum atomic E-state index is -0.927. The van der Waals surface area contributed by atoms with Crippen molar-refractivity contribution in [1.82, 2.24) is 10.2 Å². The number of hydrogen-bond donors (Lipinski definition) is 3. The first-order valence-corrected chi connectivity index (χ1v) is 16.9. The molecule has 4 unspecified atom stereocenters. The molecule has 2 amide bonds. The number of phenolic OH excluding ortho intramolecular Hbond substituents is 1. The summed E-state index contributed by atoms with van der Waals surface area (Å²) in [6.07, 6.45) is 6.61. The molecule has 0 aromatic heterocycles. The smallest absolute Gasteiger partial charge is 0.338 e. The first kappa shape index (κ1) is 32.8. The largest absolute Gasteiger partial charge is 0.508 e. The van der Waals surface area contributed by atoms with Crippen LogP contribution in [0.4, 0.5) is 0 Å². The van der Waals surface area contributed by atoms with E-state index in [0.717, 1.165) is 22.3 Å². The van der Waals surface area contributed by atoms with Gasteiger partial charge in [-0.15, -0.1) is 0 Å². The van der Waals surface area contributed by atoms with Crippen LogP contribution in [0.5, 0.6) is 5.75 Å². The van der Waals surface area contributed by atoms with Gasteiger partial charge in [-0.2, -0.15) is 0 Å². The Morgan fingerprint density at radius 1 is 0.980 bits per heavy atom. The lowest BCUT2D eigenvalue weighted by atomic mass is 9.91. The van der Waals surface area contributed by atoms with Crippen LogP contribution < -0.4 is 5.32 Å². The van der Waals surface area contributed by atoms with Gasteiger partial charge in [0.05, 0.1) is 12.2 Å². The van der Waals surface area contributed by atoms with Gasteiger partial charge in [-0.1, -0.05) is 66.7 Å². The lowest BCUT2D eigenvalue weighted by Gasteiger charge is -2.32. The molecule has 0 saturated carbocycles. The highest BCUT2D eigenvalue weighted by molar-refractivity contribution is 5.98. The second kappa shape index (κ2) is 14.0. The average molecular weight is 665 g/mol. The van der Waals surface area contributed by atoms with Gasteiger partial charge in [0.25, 0.3) is 0 Å². The zero-order chi connectivity index (χ0) is 34.0. The van der Waals surface area contributed by atoms with Gasteiger partial charge >= 0.3 is 5.97 Å². The minimum Gasteiger partial charge on any atom is -0.508 e. The third-order valence-electron chi connectivity index (χ3n) is 9.76. The molecule has 2 heterocycles. The maximum atomic E-state index is 14.0. The van der Waals surface area contributed by atoms with E-state index in [1.165, 1.54) is 0 Å². The van der Waals surface area contributed by atoms with Crippen molar-refractivity contribution in [1.29, 1.82) is 0 Å². The zero-order valence-electron chi connectivity index (χ0n) is 27.1. The molecule has 0 bridgehead atoms. The topological polar surface area (TPSA) is 135 Å². The molecule has 4 atom stereocenters. The van der Waals surface area contributed by atoms with Crippen molar-refractivity contribution >= 4 is 23.9 Å². The predicted octanol–water partition coefficient (Wildman–Crippen LogP) is 3.88. The number of hydrogen-bond acceptors (Lipinski definition) is 8.